The Bertz CT molecular complexity index is 506. The minimum atomic E-state index is -0.0586. The van der Waals surface area contributed by atoms with Crippen molar-refractivity contribution >= 4 is 28.2 Å². The maximum atomic E-state index is 11.7. The Kier molecular flexibility index (Phi) is 3.64. The molecule has 0 N–H and O–H groups in total. The van der Waals surface area contributed by atoms with Crippen molar-refractivity contribution in [2.45, 2.75) is 13.8 Å². The molecule has 0 unspecified atom stereocenters. The number of hydrogen-bond acceptors (Lipinski definition) is 4. The van der Waals surface area contributed by atoms with Gasteiger partial charge in [0.15, 0.2) is 0 Å². The van der Waals surface area contributed by atoms with Crippen molar-refractivity contribution in [2.75, 3.05) is 6.61 Å². The first-order valence-corrected chi connectivity index (χ1v) is 6.23. The third-order valence-electron chi connectivity index (χ3n) is 2.35. The van der Waals surface area contributed by atoms with Crippen LogP contribution in [0.2, 0.25) is 0 Å². The highest BCUT2D eigenvalue weighted by Gasteiger charge is 2.23. The number of aryl methyl sites for hydroxylation is 1. The third kappa shape index (κ3) is 2.77. The minimum absolute atomic E-state index is 0.0586. The summed E-state index contributed by atoms with van der Waals surface area (Å²) in [5, 5.41) is 0.383. The van der Waals surface area contributed by atoms with Gasteiger partial charge in [-0.15, -0.1) is 0 Å². The predicted octanol–water partition coefficient (Wildman–Crippen LogP) is 3.00. The highest BCUT2D eigenvalue weighted by Crippen LogP contribution is 2.26. The number of benzene rings is 1. The largest absolute Gasteiger partial charge is 0.473 e. The summed E-state index contributed by atoms with van der Waals surface area (Å²) < 4.78 is 5.22. The molecular weight excluding hydrogens is 234 g/mol. The molecule has 0 amide bonds. The van der Waals surface area contributed by atoms with Crippen molar-refractivity contribution in [3.63, 3.8) is 0 Å². The average molecular weight is 247 g/mol. The third-order valence-corrected chi connectivity index (χ3v) is 3.13. The van der Waals surface area contributed by atoms with E-state index in [1.807, 2.05) is 38.1 Å². The molecule has 1 heterocycles. The van der Waals surface area contributed by atoms with Gasteiger partial charge in [0.25, 0.3) is 5.23 Å². The molecule has 88 valence electrons. The van der Waals surface area contributed by atoms with Crippen molar-refractivity contribution < 1.29 is 9.53 Å². The van der Waals surface area contributed by atoms with E-state index < -0.39 is 0 Å². The van der Waals surface area contributed by atoms with Crippen LogP contribution in [0.4, 0.5) is 0 Å². The van der Waals surface area contributed by atoms with E-state index in [0.717, 1.165) is 22.9 Å². The van der Waals surface area contributed by atoms with Crippen LogP contribution in [0.25, 0.3) is 6.08 Å². The van der Waals surface area contributed by atoms with Gasteiger partial charge in [0.2, 0.25) is 5.12 Å². The molecule has 0 radical (unpaired) electrons. The van der Waals surface area contributed by atoms with Gasteiger partial charge < -0.3 is 4.74 Å². The smallest absolute Gasteiger partial charge is 0.259 e. The Morgan fingerprint density at radius 3 is 2.88 bits per heavy atom. The molecule has 1 aliphatic rings. The molecule has 0 saturated heterocycles. The number of thioether (sulfide) groups is 1. The Morgan fingerprint density at radius 2 is 2.18 bits per heavy atom. The molecule has 0 aliphatic carbocycles. The molecule has 0 bridgehead atoms. The first-order chi connectivity index (χ1) is 8.20. The Balaban J connectivity index is 2.28. The quantitative estimate of drug-likeness (QED) is 0.754. The van der Waals surface area contributed by atoms with Gasteiger partial charge in [0, 0.05) is 11.8 Å². The highest BCUT2D eigenvalue weighted by molar-refractivity contribution is 8.26. The second-order valence-electron chi connectivity index (χ2n) is 3.59. The zero-order valence-corrected chi connectivity index (χ0v) is 10.6. The standard InChI is InChI=1S/C13H13NO2S/c1-3-16-13-14-11(12(15)17-13)8-10-7-5-4-6-9(10)2/h4-8H,3H2,1-2H3. The lowest BCUT2D eigenvalue weighted by atomic mass is 10.1. The second kappa shape index (κ2) is 5.19. The van der Waals surface area contributed by atoms with Gasteiger partial charge in [0.05, 0.1) is 6.61 Å². The molecule has 1 aliphatic heterocycles. The fourth-order valence-corrected chi connectivity index (χ4v) is 2.16. The normalized spacial score (nSPS) is 17.4. The van der Waals surface area contributed by atoms with Crippen molar-refractivity contribution in [1.29, 1.82) is 0 Å². The zero-order chi connectivity index (χ0) is 12.3. The monoisotopic (exact) mass is 247 g/mol. The summed E-state index contributed by atoms with van der Waals surface area (Å²) in [7, 11) is 0. The Morgan fingerprint density at radius 1 is 1.41 bits per heavy atom. The van der Waals surface area contributed by atoms with E-state index in [1.165, 1.54) is 0 Å². The van der Waals surface area contributed by atoms with Crippen molar-refractivity contribution in [2.24, 2.45) is 4.99 Å². The van der Waals surface area contributed by atoms with Gasteiger partial charge in [0.1, 0.15) is 5.70 Å². The van der Waals surface area contributed by atoms with Gasteiger partial charge in [-0.05, 0) is 31.1 Å². The Hall–Kier alpha value is -1.55. The van der Waals surface area contributed by atoms with Crippen LogP contribution in [-0.4, -0.2) is 17.0 Å². The SMILES string of the molecule is CCOC1=NC(=Cc2ccccc2C)C(=O)S1. The minimum Gasteiger partial charge on any atom is -0.473 e. The molecular formula is C13H13NO2S. The van der Waals surface area contributed by atoms with Gasteiger partial charge in [-0.3, -0.25) is 4.79 Å². The highest BCUT2D eigenvalue weighted by atomic mass is 32.2. The maximum absolute atomic E-state index is 11.7. The number of carbonyl (C=O) groups excluding carboxylic acids is 1. The zero-order valence-electron chi connectivity index (χ0n) is 9.77. The van der Waals surface area contributed by atoms with Gasteiger partial charge in [-0.2, -0.15) is 0 Å². The molecule has 0 aromatic heterocycles. The van der Waals surface area contributed by atoms with Crippen LogP contribution in [0.15, 0.2) is 35.0 Å². The first-order valence-electron chi connectivity index (χ1n) is 5.41. The van der Waals surface area contributed by atoms with Crippen molar-refractivity contribution in [3.05, 3.63) is 41.1 Å². The van der Waals surface area contributed by atoms with E-state index in [1.54, 1.807) is 6.08 Å². The van der Waals surface area contributed by atoms with E-state index in [2.05, 4.69) is 4.99 Å². The molecule has 4 heteroatoms. The van der Waals surface area contributed by atoms with E-state index in [-0.39, 0.29) is 5.12 Å². The van der Waals surface area contributed by atoms with Crippen LogP contribution in [-0.2, 0) is 9.53 Å². The number of aliphatic imine (C=N–C) groups is 1. The van der Waals surface area contributed by atoms with Gasteiger partial charge in [-0.1, -0.05) is 24.3 Å². The van der Waals surface area contributed by atoms with Crippen LogP contribution < -0.4 is 0 Å². The molecule has 0 spiro atoms. The summed E-state index contributed by atoms with van der Waals surface area (Å²) in [6, 6.07) is 7.89. The number of ether oxygens (including phenoxy) is 1. The fraction of sp³-hybridized carbons (Fsp3) is 0.231. The first kappa shape index (κ1) is 11.9. The van der Waals surface area contributed by atoms with Crippen molar-refractivity contribution in [1.82, 2.24) is 0 Å². The molecule has 1 aromatic carbocycles. The lowest BCUT2D eigenvalue weighted by Crippen LogP contribution is -1.95. The number of carbonyl (C=O) groups is 1. The van der Waals surface area contributed by atoms with Gasteiger partial charge >= 0.3 is 0 Å². The lowest BCUT2D eigenvalue weighted by molar-refractivity contribution is -0.107. The number of rotatable bonds is 2. The molecule has 2 rings (SSSR count). The summed E-state index contributed by atoms with van der Waals surface area (Å²) in [4.78, 5) is 15.8. The van der Waals surface area contributed by atoms with Crippen LogP contribution in [0.1, 0.15) is 18.1 Å². The molecule has 0 fully saturated rings. The van der Waals surface area contributed by atoms with Crippen molar-refractivity contribution in [3.8, 4) is 0 Å². The van der Waals surface area contributed by atoms with E-state index in [4.69, 9.17) is 4.74 Å². The summed E-state index contributed by atoms with van der Waals surface area (Å²) in [6.07, 6.45) is 1.80. The van der Waals surface area contributed by atoms with Gasteiger partial charge in [-0.25, -0.2) is 4.99 Å². The summed E-state index contributed by atoms with van der Waals surface area (Å²) >= 11 is 1.04. The number of nitrogens with zero attached hydrogens (tertiary/aromatic N) is 1. The van der Waals surface area contributed by atoms with Crippen LogP contribution in [0.3, 0.4) is 0 Å². The second-order valence-corrected chi connectivity index (χ2v) is 4.51. The summed E-state index contributed by atoms with van der Waals surface area (Å²) in [5.74, 6) is 0. The van der Waals surface area contributed by atoms with Crippen LogP contribution in [0.5, 0.6) is 0 Å². The molecule has 3 nitrogen and oxygen atoms in total. The van der Waals surface area contributed by atoms with E-state index in [0.29, 0.717) is 17.5 Å². The maximum Gasteiger partial charge on any atom is 0.259 e. The molecule has 0 saturated carbocycles. The molecule has 0 atom stereocenters. The summed E-state index contributed by atoms with van der Waals surface area (Å²) in [5.41, 5.74) is 2.59. The van der Waals surface area contributed by atoms with Crippen LogP contribution in [0, 0.1) is 6.92 Å². The number of hydrogen-bond donors (Lipinski definition) is 0. The fourth-order valence-electron chi connectivity index (χ4n) is 1.47. The average Bonchev–Trinajstić information content (AvgIpc) is 2.63. The Labute approximate surface area is 105 Å². The topological polar surface area (TPSA) is 38.7 Å². The lowest BCUT2D eigenvalue weighted by Gasteiger charge is -1.98. The molecule has 1 aromatic rings. The predicted molar refractivity (Wildman–Crippen MR) is 70.8 cm³/mol. The summed E-state index contributed by atoms with van der Waals surface area (Å²) in [6.45, 7) is 4.40. The molecule has 17 heavy (non-hydrogen) atoms. The van der Waals surface area contributed by atoms with E-state index >= 15 is 0 Å². The van der Waals surface area contributed by atoms with Crippen LogP contribution >= 0.6 is 11.8 Å². The van der Waals surface area contributed by atoms with E-state index in [9.17, 15) is 4.79 Å².